The normalized spacial score (nSPS) is 10.8. The molecular weight excluding hydrogens is 260 g/mol. The van der Waals surface area contributed by atoms with Crippen LogP contribution in [0.15, 0.2) is 28.2 Å². The van der Waals surface area contributed by atoms with Gasteiger partial charge in [-0.3, -0.25) is 4.98 Å². The van der Waals surface area contributed by atoms with E-state index in [1.54, 1.807) is 6.20 Å². The zero-order valence-electron chi connectivity index (χ0n) is 10.5. The molecule has 0 fully saturated rings. The SMILES string of the molecule is Cc1cnc(-c2noc(-c3ccsc3N)n2)c(C)c1. The van der Waals surface area contributed by atoms with E-state index in [2.05, 4.69) is 15.1 Å². The zero-order valence-corrected chi connectivity index (χ0v) is 11.4. The maximum Gasteiger partial charge on any atom is 0.261 e. The lowest BCUT2D eigenvalue weighted by Crippen LogP contribution is -1.91. The molecule has 0 unspecified atom stereocenters. The summed E-state index contributed by atoms with van der Waals surface area (Å²) in [5.41, 5.74) is 9.47. The molecule has 0 atom stereocenters. The molecular formula is C13H12N4OS. The molecule has 0 aromatic carbocycles. The van der Waals surface area contributed by atoms with E-state index in [1.807, 2.05) is 31.4 Å². The molecule has 3 heterocycles. The predicted octanol–water partition coefficient (Wildman–Crippen LogP) is 3.06. The number of hydrogen-bond donors (Lipinski definition) is 1. The maximum absolute atomic E-state index is 5.85. The first-order valence-electron chi connectivity index (χ1n) is 5.76. The second kappa shape index (κ2) is 4.47. The second-order valence-electron chi connectivity index (χ2n) is 4.30. The van der Waals surface area contributed by atoms with Crippen LogP contribution in [0.5, 0.6) is 0 Å². The first-order valence-corrected chi connectivity index (χ1v) is 6.64. The summed E-state index contributed by atoms with van der Waals surface area (Å²) in [5, 5.41) is 6.54. The van der Waals surface area contributed by atoms with Crippen molar-refractivity contribution in [1.82, 2.24) is 15.1 Å². The van der Waals surface area contributed by atoms with Crippen LogP contribution in [0.2, 0.25) is 0 Å². The number of aryl methyl sites for hydroxylation is 2. The van der Waals surface area contributed by atoms with Gasteiger partial charge < -0.3 is 10.3 Å². The Bertz CT molecular complexity index is 732. The summed E-state index contributed by atoms with van der Waals surface area (Å²) < 4.78 is 5.26. The van der Waals surface area contributed by atoms with Crippen molar-refractivity contribution in [1.29, 1.82) is 0 Å². The Morgan fingerprint density at radius 3 is 2.84 bits per heavy atom. The monoisotopic (exact) mass is 272 g/mol. The van der Waals surface area contributed by atoms with Crippen LogP contribution in [0.25, 0.3) is 23.0 Å². The summed E-state index contributed by atoms with van der Waals surface area (Å²) in [5.74, 6) is 0.911. The molecule has 5 nitrogen and oxygen atoms in total. The number of nitrogens with two attached hydrogens (primary N) is 1. The highest BCUT2D eigenvalue weighted by Gasteiger charge is 2.15. The number of nitrogen functional groups attached to an aromatic ring is 1. The molecule has 19 heavy (non-hydrogen) atoms. The number of anilines is 1. The smallest absolute Gasteiger partial charge is 0.261 e. The van der Waals surface area contributed by atoms with E-state index in [-0.39, 0.29) is 0 Å². The molecule has 6 heteroatoms. The molecule has 0 aliphatic heterocycles. The second-order valence-corrected chi connectivity index (χ2v) is 5.25. The van der Waals surface area contributed by atoms with E-state index < -0.39 is 0 Å². The number of rotatable bonds is 2. The quantitative estimate of drug-likeness (QED) is 0.775. The molecule has 0 radical (unpaired) electrons. The molecule has 0 amide bonds. The third-order valence-electron chi connectivity index (χ3n) is 2.78. The van der Waals surface area contributed by atoms with E-state index in [9.17, 15) is 0 Å². The van der Waals surface area contributed by atoms with E-state index in [0.717, 1.165) is 22.4 Å². The summed E-state index contributed by atoms with van der Waals surface area (Å²) in [6, 6.07) is 3.91. The average Bonchev–Trinajstić information content (AvgIpc) is 2.97. The van der Waals surface area contributed by atoms with Crippen LogP contribution in [0, 0.1) is 13.8 Å². The van der Waals surface area contributed by atoms with Crippen molar-refractivity contribution in [2.24, 2.45) is 0 Å². The molecule has 0 bridgehead atoms. The average molecular weight is 272 g/mol. The van der Waals surface area contributed by atoms with Crippen molar-refractivity contribution in [3.05, 3.63) is 34.8 Å². The van der Waals surface area contributed by atoms with E-state index in [1.165, 1.54) is 11.3 Å². The van der Waals surface area contributed by atoms with Crippen molar-refractivity contribution in [3.8, 4) is 23.0 Å². The number of pyridine rings is 1. The van der Waals surface area contributed by atoms with Gasteiger partial charge in [-0.25, -0.2) is 0 Å². The first-order chi connectivity index (χ1) is 9.15. The molecule has 0 aliphatic carbocycles. The lowest BCUT2D eigenvalue weighted by molar-refractivity contribution is 0.432. The Morgan fingerprint density at radius 1 is 1.32 bits per heavy atom. The van der Waals surface area contributed by atoms with Crippen LogP contribution < -0.4 is 5.73 Å². The summed E-state index contributed by atoms with van der Waals surface area (Å²) in [6.07, 6.45) is 1.79. The van der Waals surface area contributed by atoms with Gasteiger partial charge in [-0.15, -0.1) is 11.3 Å². The molecule has 3 aromatic rings. The Labute approximate surface area is 114 Å². The number of thiophene rings is 1. The summed E-state index contributed by atoms with van der Waals surface area (Å²) >= 11 is 1.44. The standard InChI is InChI=1S/C13H12N4OS/c1-7-5-8(2)10(15-6-7)12-16-13(18-17-12)9-3-4-19-11(9)14/h3-6H,14H2,1-2H3. The fourth-order valence-corrected chi connectivity index (χ4v) is 2.51. The molecule has 3 rings (SSSR count). The highest BCUT2D eigenvalue weighted by molar-refractivity contribution is 7.14. The molecule has 0 saturated heterocycles. The van der Waals surface area contributed by atoms with Crippen LogP contribution in [0.1, 0.15) is 11.1 Å². The minimum absolute atomic E-state index is 0.426. The van der Waals surface area contributed by atoms with Gasteiger partial charge in [0.2, 0.25) is 5.82 Å². The fraction of sp³-hybridized carbons (Fsp3) is 0.154. The van der Waals surface area contributed by atoms with E-state index in [0.29, 0.717) is 16.7 Å². The lowest BCUT2D eigenvalue weighted by Gasteiger charge is -2.00. The maximum atomic E-state index is 5.85. The first kappa shape index (κ1) is 11.9. The van der Waals surface area contributed by atoms with E-state index >= 15 is 0 Å². The number of aromatic nitrogens is 3. The molecule has 0 aliphatic rings. The van der Waals surface area contributed by atoms with Crippen molar-refractivity contribution in [2.45, 2.75) is 13.8 Å². The fourth-order valence-electron chi connectivity index (χ4n) is 1.88. The molecule has 96 valence electrons. The van der Waals surface area contributed by atoms with Crippen molar-refractivity contribution < 1.29 is 4.52 Å². The topological polar surface area (TPSA) is 77.8 Å². The Balaban J connectivity index is 2.04. The zero-order chi connectivity index (χ0) is 13.4. The molecule has 0 saturated carbocycles. The minimum Gasteiger partial charge on any atom is -0.390 e. The van der Waals surface area contributed by atoms with E-state index in [4.69, 9.17) is 10.3 Å². The van der Waals surface area contributed by atoms with Gasteiger partial charge in [-0.2, -0.15) is 4.98 Å². The van der Waals surface area contributed by atoms with Gasteiger partial charge >= 0.3 is 0 Å². The molecule has 0 spiro atoms. The molecule has 3 aromatic heterocycles. The van der Waals surface area contributed by atoms with Gasteiger partial charge in [0.05, 0.1) is 10.6 Å². The summed E-state index contributed by atoms with van der Waals surface area (Å²) in [7, 11) is 0. The van der Waals surface area contributed by atoms with Gasteiger partial charge in [-0.1, -0.05) is 11.2 Å². The minimum atomic E-state index is 0.426. The molecule has 2 N–H and O–H groups in total. The Morgan fingerprint density at radius 2 is 2.16 bits per heavy atom. The Kier molecular flexibility index (Phi) is 2.79. The summed E-state index contributed by atoms with van der Waals surface area (Å²) in [6.45, 7) is 3.97. The Hall–Kier alpha value is -2.21. The van der Waals surface area contributed by atoms with Crippen LogP contribution in [0.4, 0.5) is 5.00 Å². The van der Waals surface area contributed by atoms with Crippen LogP contribution in [0.3, 0.4) is 0 Å². The van der Waals surface area contributed by atoms with Gasteiger partial charge in [0, 0.05) is 6.20 Å². The van der Waals surface area contributed by atoms with Crippen molar-refractivity contribution >= 4 is 16.3 Å². The van der Waals surface area contributed by atoms with Gasteiger partial charge in [0.15, 0.2) is 0 Å². The van der Waals surface area contributed by atoms with Crippen molar-refractivity contribution in [2.75, 3.05) is 5.73 Å². The third-order valence-corrected chi connectivity index (χ3v) is 3.52. The largest absolute Gasteiger partial charge is 0.390 e. The highest BCUT2D eigenvalue weighted by Crippen LogP contribution is 2.30. The third kappa shape index (κ3) is 2.10. The van der Waals surface area contributed by atoms with Crippen LogP contribution in [-0.4, -0.2) is 15.1 Å². The highest BCUT2D eigenvalue weighted by atomic mass is 32.1. The summed E-state index contributed by atoms with van der Waals surface area (Å²) in [4.78, 5) is 8.71. The predicted molar refractivity (Wildman–Crippen MR) is 74.7 cm³/mol. The lowest BCUT2D eigenvalue weighted by atomic mass is 10.1. The van der Waals surface area contributed by atoms with Crippen molar-refractivity contribution in [3.63, 3.8) is 0 Å². The van der Waals surface area contributed by atoms with Crippen LogP contribution >= 0.6 is 11.3 Å². The van der Waals surface area contributed by atoms with Gasteiger partial charge in [0.25, 0.3) is 5.89 Å². The number of nitrogens with zero attached hydrogens (tertiary/aromatic N) is 3. The van der Waals surface area contributed by atoms with Gasteiger partial charge in [-0.05, 0) is 36.4 Å². The van der Waals surface area contributed by atoms with Gasteiger partial charge in [0.1, 0.15) is 5.69 Å². The van der Waals surface area contributed by atoms with Crippen LogP contribution in [-0.2, 0) is 0 Å². The number of hydrogen-bond acceptors (Lipinski definition) is 6.